The summed E-state index contributed by atoms with van der Waals surface area (Å²) in [7, 11) is 1.91. The molecule has 7 heteroatoms. The van der Waals surface area contributed by atoms with E-state index < -0.39 is 17.6 Å². The summed E-state index contributed by atoms with van der Waals surface area (Å²) < 4.78 is 39.2. The van der Waals surface area contributed by atoms with Gasteiger partial charge in [0, 0.05) is 17.1 Å². The first-order chi connectivity index (χ1) is 9.27. The minimum Gasteiger partial charge on any atom is -0.348 e. The Hall–Kier alpha value is -1.08. The van der Waals surface area contributed by atoms with Crippen molar-refractivity contribution in [3.63, 3.8) is 0 Å². The number of rotatable bonds is 2. The molecule has 1 saturated heterocycles. The maximum atomic E-state index is 13.0. The molecule has 2 rings (SSSR count). The lowest BCUT2D eigenvalue weighted by atomic mass is 10.1. The number of likely N-dealkylation sites (tertiary alicyclic amines) is 1. The summed E-state index contributed by atoms with van der Waals surface area (Å²) >= 11 is 3.00. The van der Waals surface area contributed by atoms with Gasteiger partial charge in [0.05, 0.1) is 11.1 Å². The minimum atomic E-state index is -4.55. The molecular formula is C13H14BrF3N2O. The second-order valence-corrected chi connectivity index (χ2v) is 5.82. The summed E-state index contributed by atoms with van der Waals surface area (Å²) in [6, 6.07) is 3.46. The highest BCUT2D eigenvalue weighted by Gasteiger charge is 2.36. The van der Waals surface area contributed by atoms with E-state index >= 15 is 0 Å². The number of halogens is 4. The number of carbonyl (C=O) groups excluding carboxylic acids is 1. The Morgan fingerprint density at radius 3 is 2.70 bits per heavy atom. The predicted molar refractivity (Wildman–Crippen MR) is 72.5 cm³/mol. The van der Waals surface area contributed by atoms with Gasteiger partial charge in [-0.15, -0.1) is 0 Å². The zero-order chi connectivity index (χ0) is 14.9. The molecule has 1 atom stereocenters. The first-order valence-electron chi connectivity index (χ1n) is 6.13. The van der Waals surface area contributed by atoms with E-state index in [-0.39, 0.29) is 11.6 Å². The maximum Gasteiger partial charge on any atom is 0.417 e. The van der Waals surface area contributed by atoms with Crippen LogP contribution in [-0.4, -0.2) is 37.0 Å². The first kappa shape index (κ1) is 15.3. The molecule has 1 amide bonds. The van der Waals surface area contributed by atoms with Crippen molar-refractivity contribution in [3.8, 4) is 0 Å². The van der Waals surface area contributed by atoms with Gasteiger partial charge in [0.25, 0.3) is 5.91 Å². The number of nitrogens with one attached hydrogen (secondary N) is 1. The fourth-order valence-corrected chi connectivity index (χ4v) is 2.63. The third-order valence-corrected chi connectivity index (χ3v) is 3.75. The third kappa shape index (κ3) is 3.52. The molecule has 0 spiro atoms. The van der Waals surface area contributed by atoms with Crippen LogP contribution in [0.5, 0.6) is 0 Å². The molecule has 0 radical (unpaired) electrons. The second kappa shape index (κ2) is 5.73. The van der Waals surface area contributed by atoms with Crippen molar-refractivity contribution in [1.29, 1.82) is 0 Å². The van der Waals surface area contributed by atoms with Gasteiger partial charge in [-0.3, -0.25) is 4.79 Å². The van der Waals surface area contributed by atoms with Gasteiger partial charge in [-0.05, 0) is 38.2 Å². The van der Waals surface area contributed by atoms with Crippen LogP contribution in [-0.2, 0) is 6.18 Å². The van der Waals surface area contributed by atoms with Crippen molar-refractivity contribution >= 4 is 21.8 Å². The van der Waals surface area contributed by atoms with E-state index in [1.54, 1.807) is 0 Å². The van der Waals surface area contributed by atoms with Crippen LogP contribution >= 0.6 is 15.9 Å². The Labute approximate surface area is 123 Å². The molecule has 1 N–H and O–H groups in total. The topological polar surface area (TPSA) is 32.3 Å². The molecule has 110 valence electrons. The predicted octanol–water partition coefficient (Wildman–Crippen LogP) is 2.90. The van der Waals surface area contributed by atoms with E-state index in [9.17, 15) is 18.0 Å². The molecule has 1 unspecified atom stereocenters. The third-order valence-electron chi connectivity index (χ3n) is 3.26. The quantitative estimate of drug-likeness (QED) is 0.889. The van der Waals surface area contributed by atoms with Crippen LogP contribution in [0.25, 0.3) is 0 Å². The van der Waals surface area contributed by atoms with Crippen LogP contribution in [0.3, 0.4) is 0 Å². The van der Waals surface area contributed by atoms with E-state index in [0.29, 0.717) is 11.0 Å². The second-order valence-electron chi connectivity index (χ2n) is 4.91. The van der Waals surface area contributed by atoms with E-state index in [0.717, 1.165) is 19.0 Å². The Morgan fingerprint density at radius 1 is 1.45 bits per heavy atom. The van der Waals surface area contributed by atoms with Crippen LogP contribution in [0.15, 0.2) is 22.7 Å². The van der Waals surface area contributed by atoms with Crippen molar-refractivity contribution in [2.75, 3.05) is 20.1 Å². The van der Waals surface area contributed by atoms with Gasteiger partial charge in [0.2, 0.25) is 0 Å². The van der Waals surface area contributed by atoms with Crippen molar-refractivity contribution in [3.05, 3.63) is 33.8 Å². The lowest BCUT2D eigenvalue weighted by Gasteiger charge is -2.16. The van der Waals surface area contributed by atoms with Crippen molar-refractivity contribution < 1.29 is 18.0 Å². The average molecular weight is 351 g/mol. The van der Waals surface area contributed by atoms with Gasteiger partial charge in [-0.2, -0.15) is 13.2 Å². The summed E-state index contributed by atoms with van der Waals surface area (Å²) in [6.07, 6.45) is -3.80. The van der Waals surface area contributed by atoms with Crippen LogP contribution < -0.4 is 5.32 Å². The van der Waals surface area contributed by atoms with E-state index in [1.165, 1.54) is 12.1 Å². The number of carbonyl (C=O) groups is 1. The summed E-state index contributed by atoms with van der Waals surface area (Å²) in [5.41, 5.74) is -1.26. The summed E-state index contributed by atoms with van der Waals surface area (Å²) in [6.45, 7) is 1.49. The highest BCUT2D eigenvalue weighted by atomic mass is 79.9. The van der Waals surface area contributed by atoms with Gasteiger partial charge in [-0.25, -0.2) is 0 Å². The van der Waals surface area contributed by atoms with Crippen LogP contribution in [0.2, 0.25) is 0 Å². The van der Waals surface area contributed by atoms with Gasteiger partial charge < -0.3 is 10.2 Å². The normalized spacial score (nSPS) is 20.1. The molecule has 1 fully saturated rings. The van der Waals surface area contributed by atoms with Gasteiger partial charge in [0.1, 0.15) is 0 Å². The zero-order valence-electron chi connectivity index (χ0n) is 10.8. The van der Waals surface area contributed by atoms with E-state index in [2.05, 4.69) is 21.2 Å². The lowest BCUT2D eigenvalue weighted by Crippen LogP contribution is -2.37. The fraction of sp³-hybridized carbons (Fsp3) is 0.462. The van der Waals surface area contributed by atoms with Gasteiger partial charge in [0.15, 0.2) is 0 Å². The zero-order valence-corrected chi connectivity index (χ0v) is 12.4. The van der Waals surface area contributed by atoms with Crippen LogP contribution in [0, 0.1) is 0 Å². The number of hydrogen-bond acceptors (Lipinski definition) is 2. The molecule has 3 nitrogen and oxygen atoms in total. The number of amides is 1. The fourth-order valence-electron chi connectivity index (χ4n) is 2.26. The van der Waals surface area contributed by atoms with E-state index in [1.807, 2.05) is 11.9 Å². The number of alkyl halides is 3. The number of nitrogens with zero attached hydrogens (tertiary/aromatic N) is 1. The SMILES string of the molecule is CN1CCC(NC(=O)c2ccc(Br)cc2C(F)(F)F)C1. The Morgan fingerprint density at radius 2 is 2.15 bits per heavy atom. The van der Waals surface area contributed by atoms with Crippen molar-refractivity contribution in [2.45, 2.75) is 18.6 Å². The summed E-state index contributed by atoms with van der Waals surface area (Å²) in [5.74, 6) is -0.676. The molecule has 0 bridgehead atoms. The van der Waals surface area contributed by atoms with Crippen molar-refractivity contribution in [1.82, 2.24) is 10.2 Å². The van der Waals surface area contributed by atoms with Crippen LogP contribution in [0.4, 0.5) is 13.2 Å². The molecule has 1 heterocycles. The van der Waals surface area contributed by atoms with Gasteiger partial charge in [-0.1, -0.05) is 15.9 Å². The number of hydrogen-bond donors (Lipinski definition) is 1. The summed E-state index contributed by atoms with van der Waals surface area (Å²) in [5, 5.41) is 2.66. The monoisotopic (exact) mass is 350 g/mol. The molecule has 0 saturated carbocycles. The van der Waals surface area contributed by atoms with Crippen molar-refractivity contribution in [2.24, 2.45) is 0 Å². The highest BCUT2D eigenvalue weighted by molar-refractivity contribution is 9.10. The Kier molecular flexibility index (Phi) is 4.39. The number of benzene rings is 1. The Balaban J connectivity index is 2.21. The molecule has 20 heavy (non-hydrogen) atoms. The van der Waals surface area contributed by atoms with Gasteiger partial charge >= 0.3 is 6.18 Å². The summed E-state index contributed by atoms with van der Waals surface area (Å²) in [4.78, 5) is 14.1. The van der Waals surface area contributed by atoms with Crippen LogP contribution in [0.1, 0.15) is 22.3 Å². The maximum absolute atomic E-state index is 13.0. The minimum absolute atomic E-state index is 0.0998. The lowest BCUT2D eigenvalue weighted by molar-refractivity contribution is -0.138. The molecular weight excluding hydrogens is 337 g/mol. The van der Waals surface area contributed by atoms with E-state index in [4.69, 9.17) is 0 Å². The highest BCUT2D eigenvalue weighted by Crippen LogP contribution is 2.34. The number of likely N-dealkylation sites (N-methyl/N-ethyl adjacent to an activating group) is 1. The smallest absolute Gasteiger partial charge is 0.348 e. The average Bonchev–Trinajstić information content (AvgIpc) is 2.73. The molecule has 1 aliphatic rings. The standard InChI is InChI=1S/C13H14BrF3N2O/c1-19-5-4-9(7-19)18-12(20)10-3-2-8(14)6-11(10)13(15,16)17/h2-3,6,9H,4-5,7H2,1H3,(H,18,20). The molecule has 1 aromatic carbocycles. The molecule has 1 aliphatic heterocycles. The molecule has 1 aromatic rings. The largest absolute Gasteiger partial charge is 0.417 e. The first-order valence-corrected chi connectivity index (χ1v) is 6.93. The molecule has 0 aliphatic carbocycles. The Bertz CT molecular complexity index is 519. The molecule has 0 aromatic heterocycles.